The molecule has 0 fully saturated rings. The number of carbonyl (C=O) groups is 2. The van der Waals surface area contributed by atoms with E-state index in [0.29, 0.717) is 39.6 Å². The van der Waals surface area contributed by atoms with E-state index in [0.717, 1.165) is 6.92 Å². The Hall–Kier alpha value is -1.10. The van der Waals surface area contributed by atoms with Crippen molar-refractivity contribution in [2.75, 3.05) is 52.7 Å². The molecule has 22 heavy (non-hydrogen) atoms. The van der Waals surface area contributed by atoms with Gasteiger partial charge in [-0.3, -0.25) is 9.59 Å². The van der Waals surface area contributed by atoms with Crippen LogP contribution in [0.25, 0.3) is 0 Å². The van der Waals surface area contributed by atoms with Gasteiger partial charge >= 0.3 is 0 Å². The lowest BCUT2D eigenvalue weighted by Gasteiger charge is -2.15. The minimum atomic E-state index is -1.77. The Morgan fingerprint density at radius 1 is 0.955 bits per heavy atom. The molecule has 0 aromatic carbocycles. The first kappa shape index (κ1) is 20.9. The lowest BCUT2D eigenvalue weighted by Crippen LogP contribution is -2.45. The van der Waals surface area contributed by atoms with Crippen molar-refractivity contribution in [1.29, 1.82) is 0 Å². The number of rotatable bonds is 14. The average Bonchev–Trinajstić information content (AvgIpc) is 2.50. The maximum Gasteiger partial charge on any atom is 0.252 e. The topological polar surface area (TPSA) is 140 Å². The van der Waals surface area contributed by atoms with Gasteiger partial charge in [-0.1, -0.05) is 0 Å². The molecule has 130 valence electrons. The number of carbonyl (C=O) groups excluding carboxylic acids is 2. The van der Waals surface area contributed by atoms with Crippen LogP contribution in [0, 0.1) is 0 Å². The van der Waals surface area contributed by atoms with Gasteiger partial charge in [0.05, 0.1) is 39.6 Å². The second-order valence-corrected chi connectivity index (χ2v) is 4.42. The summed E-state index contributed by atoms with van der Waals surface area (Å²) in [6, 6.07) is 0. The van der Waals surface area contributed by atoms with E-state index in [2.05, 4.69) is 5.32 Å². The summed E-state index contributed by atoms with van der Waals surface area (Å²) in [6.07, 6.45) is -3.48. The molecule has 0 rings (SSSR count). The fraction of sp³-hybridized carbons (Fsp3) is 0.846. The molecule has 0 aliphatic carbocycles. The normalized spacial score (nSPS) is 13.6. The van der Waals surface area contributed by atoms with E-state index >= 15 is 0 Å². The van der Waals surface area contributed by atoms with Crippen LogP contribution in [0.1, 0.15) is 6.92 Å². The van der Waals surface area contributed by atoms with E-state index < -0.39 is 23.9 Å². The first-order chi connectivity index (χ1) is 10.5. The maximum absolute atomic E-state index is 11.4. The van der Waals surface area contributed by atoms with E-state index in [1.165, 1.54) is 0 Å². The van der Waals surface area contributed by atoms with Crippen LogP contribution in [0.3, 0.4) is 0 Å². The molecule has 0 radical (unpaired) electrons. The third-order valence-corrected chi connectivity index (χ3v) is 2.54. The smallest absolute Gasteiger partial charge is 0.252 e. The van der Waals surface area contributed by atoms with Crippen molar-refractivity contribution in [3.05, 3.63) is 0 Å². The van der Waals surface area contributed by atoms with Crippen LogP contribution in [0.2, 0.25) is 0 Å². The molecule has 0 heterocycles. The molecule has 9 nitrogen and oxygen atoms in total. The van der Waals surface area contributed by atoms with Gasteiger partial charge in [-0.15, -0.1) is 0 Å². The van der Waals surface area contributed by atoms with Gasteiger partial charge in [-0.2, -0.15) is 0 Å². The van der Waals surface area contributed by atoms with E-state index in [-0.39, 0.29) is 13.2 Å². The zero-order chi connectivity index (χ0) is 16.8. The molecule has 5 N–H and O–H groups in total. The number of ketones is 1. The maximum atomic E-state index is 11.4. The first-order valence-electron chi connectivity index (χ1n) is 7.08. The van der Waals surface area contributed by atoms with Gasteiger partial charge < -0.3 is 35.5 Å². The standard InChI is InChI=1S/C13H26N2O7/c1-10(16)11(17)12(18)13(19)15-3-5-21-7-9-22-8-6-20-4-2-14/h11-12,17-18H,2-9,14H2,1H3,(H,15,19)/t11-,12+/m0/s1. The Morgan fingerprint density at radius 3 is 1.95 bits per heavy atom. The van der Waals surface area contributed by atoms with Crippen molar-refractivity contribution >= 4 is 11.7 Å². The predicted octanol–water partition coefficient (Wildman–Crippen LogP) is -2.58. The highest BCUT2D eigenvalue weighted by Crippen LogP contribution is 1.95. The summed E-state index contributed by atoms with van der Waals surface area (Å²) in [6.45, 7) is 4.12. The third kappa shape index (κ3) is 10.6. The van der Waals surface area contributed by atoms with Crippen LogP contribution in [0.4, 0.5) is 0 Å². The summed E-state index contributed by atoms with van der Waals surface area (Å²) in [5.41, 5.74) is 5.25. The zero-order valence-electron chi connectivity index (χ0n) is 12.8. The fourth-order valence-electron chi connectivity index (χ4n) is 1.34. The van der Waals surface area contributed by atoms with Crippen molar-refractivity contribution in [3.8, 4) is 0 Å². The molecule has 0 aromatic rings. The van der Waals surface area contributed by atoms with Crippen LogP contribution in [-0.4, -0.2) is 86.8 Å². The Kier molecular flexibility index (Phi) is 12.9. The molecule has 2 atom stereocenters. The highest BCUT2D eigenvalue weighted by Gasteiger charge is 2.27. The highest BCUT2D eigenvalue weighted by molar-refractivity contribution is 5.90. The van der Waals surface area contributed by atoms with Gasteiger partial charge in [0.1, 0.15) is 6.10 Å². The summed E-state index contributed by atoms with van der Waals surface area (Å²) in [4.78, 5) is 22.2. The number of hydrogen-bond donors (Lipinski definition) is 4. The molecule has 0 bridgehead atoms. The summed E-state index contributed by atoms with van der Waals surface area (Å²) < 4.78 is 15.5. The van der Waals surface area contributed by atoms with E-state index in [1.54, 1.807) is 0 Å². The van der Waals surface area contributed by atoms with Gasteiger partial charge in [-0.25, -0.2) is 0 Å². The molecule has 0 saturated heterocycles. The van der Waals surface area contributed by atoms with Gasteiger partial charge in [0, 0.05) is 13.1 Å². The largest absolute Gasteiger partial charge is 0.382 e. The van der Waals surface area contributed by atoms with Crippen LogP contribution in [0.5, 0.6) is 0 Å². The molecule has 0 spiro atoms. The Balaban J connectivity index is 3.42. The lowest BCUT2D eigenvalue weighted by atomic mass is 10.1. The van der Waals surface area contributed by atoms with Crippen LogP contribution in [-0.2, 0) is 23.8 Å². The van der Waals surface area contributed by atoms with Gasteiger partial charge in [-0.05, 0) is 6.92 Å². The summed E-state index contributed by atoms with van der Waals surface area (Å²) in [5.74, 6) is -1.49. The molecular weight excluding hydrogens is 296 g/mol. The van der Waals surface area contributed by atoms with Crippen molar-refractivity contribution in [3.63, 3.8) is 0 Å². The Bertz CT molecular complexity index is 315. The van der Waals surface area contributed by atoms with Gasteiger partial charge in [0.15, 0.2) is 11.9 Å². The Labute approximate surface area is 129 Å². The number of aliphatic hydroxyl groups excluding tert-OH is 2. The molecule has 9 heteroatoms. The predicted molar refractivity (Wildman–Crippen MR) is 77.2 cm³/mol. The number of nitrogens with two attached hydrogens (primary N) is 1. The number of nitrogens with one attached hydrogen (secondary N) is 1. The molecular formula is C13H26N2O7. The number of aliphatic hydroxyl groups is 2. The first-order valence-corrected chi connectivity index (χ1v) is 7.08. The summed E-state index contributed by atoms with van der Waals surface area (Å²) >= 11 is 0. The Morgan fingerprint density at radius 2 is 1.45 bits per heavy atom. The third-order valence-electron chi connectivity index (χ3n) is 2.54. The van der Waals surface area contributed by atoms with Crippen molar-refractivity contribution in [2.24, 2.45) is 5.73 Å². The summed E-state index contributed by atoms with van der Waals surface area (Å²) in [7, 11) is 0. The lowest BCUT2D eigenvalue weighted by molar-refractivity contribution is -0.143. The summed E-state index contributed by atoms with van der Waals surface area (Å²) in [5, 5.41) is 20.9. The second kappa shape index (κ2) is 13.6. The minimum Gasteiger partial charge on any atom is -0.382 e. The van der Waals surface area contributed by atoms with E-state index in [9.17, 15) is 19.8 Å². The molecule has 0 aliphatic rings. The highest BCUT2D eigenvalue weighted by atomic mass is 16.5. The number of amides is 1. The quantitative estimate of drug-likeness (QED) is 0.256. The van der Waals surface area contributed by atoms with Gasteiger partial charge in [0.2, 0.25) is 0 Å². The van der Waals surface area contributed by atoms with Crippen LogP contribution in [0.15, 0.2) is 0 Å². The second-order valence-electron chi connectivity index (χ2n) is 4.42. The molecule has 0 saturated carbocycles. The molecule has 1 amide bonds. The van der Waals surface area contributed by atoms with Gasteiger partial charge in [0.25, 0.3) is 5.91 Å². The number of ether oxygens (including phenoxy) is 3. The SMILES string of the molecule is CC(=O)[C@H](O)[C@@H](O)C(=O)NCCOCCOCCOCCN. The van der Waals surface area contributed by atoms with Crippen molar-refractivity contribution < 1.29 is 34.0 Å². The molecule has 0 unspecified atom stereocenters. The molecule has 0 aliphatic heterocycles. The average molecular weight is 322 g/mol. The van der Waals surface area contributed by atoms with Crippen molar-refractivity contribution in [1.82, 2.24) is 5.32 Å². The van der Waals surface area contributed by atoms with E-state index in [4.69, 9.17) is 19.9 Å². The number of Topliss-reactive ketones (excluding diaryl/α,β-unsaturated/α-hetero) is 1. The minimum absolute atomic E-state index is 0.153. The monoisotopic (exact) mass is 322 g/mol. The van der Waals surface area contributed by atoms with E-state index in [1.807, 2.05) is 0 Å². The van der Waals surface area contributed by atoms with Crippen molar-refractivity contribution in [2.45, 2.75) is 19.1 Å². The molecule has 0 aromatic heterocycles. The van der Waals surface area contributed by atoms with Crippen LogP contribution < -0.4 is 11.1 Å². The number of hydrogen-bond acceptors (Lipinski definition) is 8. The van der Waals surface area contributed by atoms with Crippen LogP contribution >= 0.6 is 0 Å². The fourth-order valence-corrected chi connectivity index (χ4v) is 1.34. The zero-order valence-corrected chi connectivity index (χ0v) is 12.8.